The Hall–Kier alpha value is -2.47. The molecule has 0 spiro atoms. The number of aryl methyl sites for hydroxylation is 1. The number of nitrogens with zero attached hydrogens (tertiary/aromatic N) is 2. The first-order chi connectivity index (χ1) is 9.63. The smallest absolute Gasteiger partial charge is 0.142 e. The van der Waals surface area contributed by atoms with Crippen molar-refractivity contribution in [3.63, 3.8) is 0 Å². The van der Waals surface area contributed by atoms with Crippen molar-refractivity contribution in [3.05, 3.63) is 47.1 Å². The van der Waals surface area contributed by atoms with Gasteiger partial charge >= 0.3 is 0 Å². The van der Waals surface area contributed by atoms with Crippen molar-refractivity contribution in [2.45, 2.75) is 6.92 Å². The van der Waals surface area contributed by atoms with Crippen LogP contribution < -0.4 is 10.4 Å². The van der Waals surface area contributed by atoms with Gasteiger partial charge in [0.1, 0.15) is 17.0 Å². The zero-order chi connectivity index (χ0) is 14.1. The summed E-state index contributed by atoms with van der Waals surface area (Å²) in [5, 5.41) is 14.9. The fourth-order valence-electron chi connectivity index (χ4n) is 1.94. The fraction of sp³-hybridized carbons (Fsp3) is 0.0714. The lowest BCUT2D eigenvalue weighted by atomic mass is 10.2. The molecule has 0 fully saturated rings. The maximum Gasteiger partial charge on any atom is 0.142 e. The highest BCUT2D eigenvalue weighted by Gasteiger charge is 2.07. The van der Waals surface area contributed by atoms with Crippen LogP contribution >= 0.6 is 11.3 Å². The van der Waals surface area contributed by atoms with Gasteiger partial charge in [-0.25, -0.2) is 9.97 Å². The first kappa shape index (κ1) is 12.6. The molecule has 0 saturated heterocycles. The SMILES string of the molecule is Cc1cc2c(Nc3cccc(C(=O)[O-])c3)ncnc2s1. The van der Waals surface area contributed by atoms with Crippen molar-refractivity contribution in [2.24, 2.45) is 0 Å². The number of hydrogen-bond donors (Lipinski definition) is 1. The van der Waals surface area contributed by atoms with Gasteiger partial charge in [0.2, 0.25) is 0 Å². The molecular weight excluding hydrogens is 274 g/mol. The van der Waals surface area contributed by atoms with Crippen LogP contribution in [0.15, 0.2) is 36.7 Å². The summed E-state index contributed by atoms with van der Waals surface area (Å²) in [6.07, 6.45) is 1.49. The normalized spacial score (nSPS) is 10.7. The van der Waals surface area contributed by atoms with Crippen LogP contribution in [0.2, 0.25) is 0 Å². The number of hydrogen-bond acceptors (Lipinski definition) is 6. The summed E-state index contributed by atoms with van der Waals surface area (Å²) in [5.41, 5.74) is 0.775. The second kappa shape index (κ2) is 4.90. The van der Waals surface area contributed by atoms with Crippen LogP contribution in [0.25, 0.3) is 10.2 Å². The molecule has 3 aromatic rings. The van der Waals surface area contributed by atoms with Gasteiger partial charge in [0.25, 0.3) is 0 Å². The highest BCUT2D eigenvalue weighted by molar-refractivity contribution is 7.18. The Kier molecular flexibility index (Phi) is 3.08. The van der Waals surface area contributed by atoms with E-state index in [-0.39, 0.29) is 5.56 Å². The number of anilines is 2. The lowest BCUT2D eigenvalue weighted by Gasteiger charge is -2.08. The fourth-order valence-corrected chi connectivity index (χ4v) is 2.78. The molecule has 0 atom stereocenters. The van der Waals surface area contributed by atoms with E-state index < -0.39 is 5.97 Å². The van der Waals surface area contributed by atoms with Gasteiger partial charge in [-0.15, -0.1) is 11.3 Å². The quantitative estimate of drug-likeness (QED) is 0.797. The lowest BCUT2D eigenvalue weighted by Crippen LogP contribution is -2.22. The van der Waals surface area contributed by atoms with Crippen molar-refractivity contribution >= 4 is 39.0 Å². The highest BCUT2D eigenvalue weighted by atomic mass is 32.1. The van der Waals surface area contributed by atoms with E-state index in [9.17, 15) is 9.90 Å². The van der Waals surface area contributed by atoms with Crippen LogP contribution in [0.1, 0.15) is 15.2 Å². The van der Waals surface area contributed by atoms with E-state index in [0.717, 1.165) is 15.1 Å². The number of carboxylic acids is 1. The maximum absolute atomic E-state index is 10.9. The molecule has 2 aromatic heterocycles. The van der Waals surface area contributed by atoms with Crippen LogP contribution in [0.4, 0.5) is 11.5 Å². The topological polar surface area (TPSA) is 77.9 Å². The van der Waals surface area contributed by atoms with Gasteiger partial charge < -0.3 is 15.2 Å². The molecule has 5 nitrogen and oxygen atoms in total. The van der Waals surface area contributed by atoms with Crippen molar-refractivity contribution < 1.29 is 9.90 Å². The second-order valence-electron chi connectivity index (χ2n) is 4.29. The number of fused-ring (bicyclic) bond motifs is 1. The molecule has 2 heterocycles. The number of carboxylic acid groups (broad SMARTS) is 1. The van der Waals surface area contributed by atoms with Crippen molar-refractivity contribution in [3.8, 4) is 0 Å². The minimum atomic E-state index is -1.20. The molecule has 0 aliphatic rings. The van der Waals surface area contributed by atoms with Gasteiger partial charge in [0, 0.05) is 10.6 Å². The number of carbonyl (C=O) groups excluding carboxylic acids is 1. The van der Waals surface area contributed by atoms with Gasteiger partial charge in [-0.05, 0) is 30.7 Å². The predicted molar refractivity (Wildman–Crippen MR) is 76.2 cm³/mol. The molecule has 0 unspecified atom stereocenters. The molecule has 100 valence electrons. The minimum Gasteiger partial charge on any atom is -0.545 e. The maximum atomic E-state index is 10.9. The number of aromatic nitrogens is 2. The number of nitrogens with one attached hydrogen (secondary N) is 1. The molecule has 0 saturated carbocycles. The predicted octanol–water partition coefficient (Wildman–Crippen LogP) is 2.11. The Bertz CT molecular complexity index is 798. The van der Waals surface area contributed by atoms with E-state index in [1.54, 1.807) is 23.5 Å². The van der Waals surface area contributed by atoms with Crippen molar-refractivity contribution in [1.82, 2.24) is 9.97 Å². The molecule has 3 rings (SSSR count). The molecular formula is C14H10N3O2S-. The van der Waals surface area contributed by atoms with Gasteiger partial charge in [-0.3, -0.25) is 0 Å². The summed E-state index contributed by atoms with van der Waals surface area (Å²) in [5.74, 6) is -0.539. The van der Waals surface area contributed by atoms with E-state index in [1.165, 1.54) is 18.5 Å². The first-order valence-electron chi connectivity index (χ1n) is 5.93. The van der Waals surface area contributed by atoms with Crippen molar-refractivity contribution in [1.29, 1.82) is 0 Å². The molecule has 0 bridgehead atoms. The van der Waals surface area contributed by atoms with Gasteiger partial charge in [0.15, 0.2) is 0 Å². The molecule has 6 heteroatoms. The van der Waals surface area contributed by atoms with Crippen LogP contribution in [0.5, 0.6) is 0 Å². The van der Waals surface area contributed by atoms with E-state index >= 15 is 0 Å². The van der Waals surface area contributed by atoms with E-state index in [0.29, 0.717) is 11.5 Å². The van der Waals surface area contributed by atoms with Gasteiger partial charge in [-0.1, -0.05) is 12.1 Å². The Labute approximate surface area is 118 Å². The Morgan fingerprint density at radius 2 is 2.15 bits per heavy atom. The van der Waals surface area contributed by atoms with Crippen LogP contribution in [-0.4, -0.2) is 15.9 Å². The summed E-state index contributed by atoms with van der Waals surface area (Å²) in [4.78, 5) is 21.3. The average Bonchev–Trinajstić information content (AvgIpc) is 2.80. The van der Waals surface area contributed by atoms with E-state index in [2.05, 4.69) is 15.3 Å². The largest absolute Gasteiger partial charge is 0.545 e. The monoisotopic (exact) mass is 284 g/mol. The molecule has 1 aromatic carbocycles. The van der Waals surface area contributed by atoms with Crippen molar-refractivity contribution in [2.75, 3.05) is 5.32 Å². The summed E-state index contributed by atoms with van der Waals surface area (Å²) in [6.45, 7) is 2.01. The molecule has 0 radical (unpaired) electrons. The number of rotatable bonds is 3. The Morgan fingerprint density at radius 1 is 1.30 bits per heavy atom. The Morgan fingerprint density at radius 3 is 2.95 bits per heavy atom. The molecule has 20 heavy (non-hydrogen) atoms. The third kappa shape index (κ3) is 2.33. The molecule has 1 N–H and O–H groups in total. The molecule has 0 amide bonds. The summed E-state index contributed by atoms with van der Waals surface area (Å²) in [7, 11) is 0. The minimum absolute atomic E-state index is 0.127. The lowest BCUT2D eigenvalue weighted by molar-refractivity contribution is -0.255. The second-order valence-corrected chi connectivity index (χ2v) is 5.53. The summed E-state index contributed by atoms with van der Waals surface area (Å²) in [6, 6.07) is 8.45. The highest BCUT2D eigenvalue weighted by Crippen LogP contribution is 2.29. The molecule has 0 aliphatic carbocycles. The summed E-state index contributed by atoms with van der Waals surface area (Å²) < 4.78 is 0. The zero-order valence-corrected chi connectivity index (χ0v) is 11.4. The van der Waals surface area contributed by atoms with E-state index in [1.807, 2.05) is 13.0 Å². The van der Waals surface area contributed by atoms with Crippen LogP contribution in [0, 0.1) is 6.92 Å². The van der Waals surface area contributed by atoms with Gasteiger partial charge in [-0.2, -0.15) is 0 Å². The summed E-state index contributed by atoms with van der Waals surface area (Å²) >= 11 is 1.59. The number of benzene rings is 1. The number of aromatic carboxylic acids is 1. The standard InChI is InChI=1S/C14H11N3O2S/c1-8-5-11-12(15-7-16-13(11)20-8)17-10-4-2-3-9(6-10)14(18)19/h2-7H,1H3,(H,18,19)(H,15,16,17)/p-1. The van der Waals surface area contributed by atoms with Crippen LogP contribution in [-0.2, 0) is 0 Å². The zero-order valence-electron chi connectivity index (χ0n) is 10.6. The Balaban J connectivity index is 2.01. The van der Waals surface area contributed by atoms with E-state index in [4.69, 9.17) is 0 Å². The third-order valence-corrected chi connectivity index (χ3v) is 3.77. The van der Waals surface area contributed by atoms with Crippen LogP contribution in [0.3, 0.4) is 0 Å². The van der Waals surface area contributed by atoms with Gasteiger partial charge in [0.05, 0.1) is 11.4 Å². The number of thiophene rings is 1. The number of carbonyl (C=O) groups is 1. The first-order valence-corrected chi connectivity index (χ1v) is 6.75. The average molecular weight is 284 g/mol. The third-order valence-electron chi connectivity index (χ3n) is 2.81. The molecule has 0 aliphatic heterocycles.